The van der Waals surface area contributed by atoms with Gasteiger partial charge in [-0.15, -0.1) is 0 Å². The molecule has 0 saturated carbocycles. The van der Waals surface area contributed by atoms with Crippen molar-refractivity contribution >= 4 is 16.7 Å². The number of aliphatic hydroxyl groups is 1. The van der Waals surface area contributed by atoms with E-state index in [0.717, 1.165) is 41.1 Å². The maximum Gasteiger partial charge on any atom is 0.164 e. The standard InChI is InChI=1S/C21H23N3O3/c1-26-19-4-2-3-16-10-15(12-27-20(16)19)9-14-5-6-18-17(11-14)21(22-7-8-25)24-13-23-18/h2-6,11,13,15,25H,7-10,12H2,1H3,(H,22,23,24)/t15-/m0/s1. The van der Waals surface area contributed by atoms with E-state index >= 15 is 0 Å². The van der Waals surface area contributed by atoms with E-state index in [4.69, 9.17) is 14.6 Å². The molecule has 2 heterocycles. The molecule has 6 heteroatoms. The summed E-state index contributed by atoms with van der Waals surface area (Å²) in [6.45, 7) is 1.20. The van der Waals surface area contributed by atoms with Crippen molar-refractivity contribution < 1.29 is 14.6 Å². The van der Waals surface area contributed by atoms with E-state index in [9.17, 15) is 0 Å². The zero-order valence-corrected chi connectivity index (χ0v) is 15.3. The summed E-state index contributed by atoms with van der Waals surface area (Å²) in [6.07, 6.45) is 3.42. The fourth-order valence-electron chi connectivity index (χ4n) is 3.63. The second-order valence-electron chi connectivity index (χ2n) is 6.76. The molecule has 6 nitrogen and oxygen atoms in total. The number of fused-ring (bicyclic) bond motifs is 2. The van der Waals surface area contributed by atoms with E-state index in [-0.39, 0.29) is 6.61 Å². The van der Waals surface area contributed by atoms with Crippen molar-refractivity contribution in [2.75, 3.05) is 32.2 Å². The van der Waals surface area contributed by atoms with Crippen LogP contribution in [0.4, 0.5) is 5.82 Å². The number of methoxy groups -OCH3 is 1. The second-order valence-corrected chi connectivity index (χ2v) is 6.76. The molecule has 0 amide bonds. The van der Waals surface area contributed by atoms with Gasteiger partial charge in [0.15, 0.2) is 11.5 Å². The van der Waals surface area contributed by atoms with Crippen LogP contribution in [-0.4, -0.2) is 41.9 Å². The van der Waals surface area contributed by atoms with Crippen LogP contribution >= 0.6 is 0 Å². The molecule has 1 aromatic heterocycles. The summed E-state index contributed by atoms with van der Waals surface area (Å²) in [5.41, 5.74) is 3.31. The normalized spacial score (nSPS) is 15.9. The smallest absolute Gasteiger partial charge is 0.164 e. The number of anilines is 1. The lowest BCUT2D eigenvalue weighted by atomic mass is 9.90. The van der Waals surface area contributed by atoms with Gasteiger partial charge in [-0.2, -0.15) is 0 Å². The van der Waals surface area contributed by atoms with Gasteiger partial charge in [-0.1, -0.05) is 18.2 Å². The molecule has 0 saturated heterocycles. The van der Waals surface area contributed by atoms with Crippen LogP contribution in [-0.2, 0) is 12.8 Å². The summed E-state index contributed by atoms with van der Waals surface area (Å²) in [7, 11) is 1.67. The Morgan fingerprint density at radius 3 is 3.04 bits per heavy atom. The molecule has 2 N–H and O–H groups in total. The Morgan fingerprint density at radius 1 is 1.26 bits per heavy atom. The predicted octanol–water partition coefficient (Wildman–Crippen LogP) is 2.84. The van der Waals surface area contributed by atoms with Crippen molar-refractivity contribution in [3.05, 3.63) is 53.9 Å². The lowest BCUT2D eigenvalue weighted by Gasteiger charge is -2.26. The first kappa shape index (κ1) is 17.5. The number of benzene rings is 2. The number of nitrogens with one attached hydrogen (secondary N) is 1. The second kappa shape index (κ2) is 7.80. The van der Waals surface area contributed by atoms with Gasteiger partial charge in [0, 0.05) is 17.8 Å². The van der Waals surface area contributed by atoms with Crippen LogP contribution in [0.1, 0.15) is 11.1 Å². The van der Waals surface area contributed by atoms with Crippen LogP contribution in [0, 0.1) is 5.92 Å². The van der Waals surface area contributed by atoms with Crippen molar-refractivity contribution in [1.29, 1.82) is 0 Å². The first-order chi connectivity index (χ1) is 13.3. The number of hydrogen-bond donors (Lipinski definition) is 2. The fourth-order valence-corrected chi connectivity index (χ4v) is 3.63. The van der Waals surface area contributed by atoms with Crippen molar-refractivity contribution in [3.63, 3.8) is 0 Å². The third kappa shape index (κ3) is 3.66. The highest BCUT2D eigenvalue weighted by Gasteiger charge is 2.23. The van der Waals surface area contributed by atoms with Gasteiger partial charge >= 0.3 is 0 Å². The largest absolute Gasteiger partial charge is 0.493 e. The highest BCUT2D eigenvalue weighted by atomic mass is 16.5. The molecule has 0 spiro atoms. The molecular weight excluding hydrogens is 342 g/mol. The lowest BCUT2D eigenvalue weighted by Crippen LogP contribution is -2.23. The zero-order chi connectivity index (χ0) is 18.6. The van der Waals surface area contributed by atoms with E-state index in [0.29, 0.717) is 19.1 Å². The lowest BCUT2D eigenvalue weighted by molar-refractivity contribution is 0.211. The van der Waals surface area contributed by atoms with E-state index in [2.05, 4.69) is 33.5 Å². The molecule has 1 atom stereocenters. The van der Waals surface area contributed by atoms with Gasteiger partial charge in [0.25, 0.3) is 0 Å². The Kier molecular flexibility index (Phi) is 5.07. The predicted molar refractivity (Wildman–Crippen MR) is 105 cm³/mol. The van der Waals surface area contributed by atoms with Gasteiger partial charge in [-0.25, -0.2) is 9.97 Å². The average molecular weight is 365 g/mol. The molecule has 3 aromatic rings. The SMILES string of the molecule is COc1cccc2c1OC[C@@H](Cc1ccc3ncnc(NCCO)c3c1)C2. The molecule has 2 aromatic carbocycles. The van der Waals surface area contributed by atoms with Gasteiger partial charge in [-0.3, -0.25) is 0 Å². The van der Waals surface area contributed by atoms with E-state index in [1.54, 1.807) is 13.4 Å². The summed E-state index contributed by atoms with van der Waals surface area (Å²) in [5.74, 6) is 2.83. The Morgan fingerprint density at radius 2 is 2.19 bits per heavy atom. The maximum absolute atomic E-state index is 9.06. The quantitative estimate of drug-likeness (QED) is 0.700. The van der Waals surface area contributed by atoms with Crippen molar-refractivity contribution in [1.82, 2.24) is 9.97 Å². The molecule has 140 valence electrons. The van der Waals surface area contributed by atoms with Crippen LogP contribution in [0.2, 0.25) is 0 Å². The van der Waals surface area contributed by atoms with Crippen LogP contribution in [0.25, 0.3) is 10.9 Å². The summed E-state index contributed by atoms with van der Waals surface area (Å²) in [6, 6.07) is 12.3. The van der Waals surface area contributed by atoms with Gasteiger partial charge in [0.2, 0.25) is 0 Å². The maximum atomic E-state index is 9.06. The molecule has 27 heavy (non-hydrogen) atoms. The molecule has 4 rings (SSSR count). The Labute approximate surface area is 158 Å². The van der Waals surface area contributed by atoms with Crippen molar-refractivity contribution in [3.8, 4) is 11.5 Å². The van der Waals surface area contributed by atoms with E-state index in [1.165, 1.54) is 11.1 Å². The van der Waals surface area contributed by atoms with E-state index in [1.807, 2.05) is 18.2 Å². The average Bonchev–Trinajstić information content (AvgIpc) is 2.71. The molecule has 0 aliphatic carbocycles. The van der Waals surface area contributed by atoms with Gasteiger partial charge < -0.3 is 19.9 Å². The van der Waals surface area contributed by atoms with Crippen molar-refractivity contribution in [2.45, 2.75) is 12.8 Å². The topological polar surface area (TPSA) is 76.5 Å². The van der Waals surface area contributed by atoms with Crippen LogP contribution in [0.3, 0.4) is 0 Å². The van der Waals surface area contributed by atoms with Crippen LogP contribution < -0.4 is 14.8 Å². The van der Waals surface area contributed by atoms with Gasteiger partial charge in [0.1, 0.15) is 12.1 Å². The molecular formula is C21H23N3O3. The molecule has 0 bridgehead atoms. The number of aliphatic hydroxyl groups excluding tert-OH is 1. The highest BCUT2D eigenvalue weighted by Crippen LogP contribution is 2.37. The number of aromatic nitrogens is 2. The molecule has 0 fully saturated rings. The third-order valence-corrected chi connectivity index (χ3v) is 4.88. The molecule has 0 radical (unpaired) electrons. The number of ether oxygens (including phenoxy) is 2. The zero-order valence-electron chi connectivity index (χ0n) is 15.3. The number of rotatable bonds is 6. The van der Waals surface area contributed by atoms with Gasteiger partial charge in [-0.05, 0) is 42.2 Å². The van der Waals surface area contributed by atoms with E-state index < -0.39 is 0 Å². The number of hydrogen-bond acceptors (Lipinski definition) is 6. The Hall–Kier alpha value is -2.86. The fraction of sp³-hybridized carbons (Fsp3) is 0.333. The molecule has 1 aliphatic heterocycles. The minimum absolute atomic E-state index is 0.0630. The molecule has 1 aliphatic rings. The summed E-state index contributed by atoms with van der Waals surface area (Å²) in [5, 5.41) is 13.2. The first-order valence-corrected chi connectivity index (χ1v) is 9.15. The minimum Gasteiger partial charge on any atom is -0.493 e. The van der Waals surface area contributed by atoms with Crippen molar-refractivity contribution in [2.24, 2.45) is 5.92 Å². The van der Waals surface area contributed by atoms with Gasteiger partial charge in [0.05, 0.1) is 25.8 Å². The summed E-state index contributed by atoms with van der Waals surface area (Å²) in [4.78, 5) is 8.64. The number of nitrogens with zero attached hydrogens (tertiary/aromatic N) is 2. The third-order valence-electron chi connectivity index (χ3n) is 4.88. The Balaban J connectivity index is 1.55. The van der Waals surface area contributed by atoms with Crippen LogP contribution in [0.15, 0.2) is 42.7 Å². The monoisotopic (exact) mass is 365 g/mol. The van der Waals surface area contributed by atoms with Crippen LogP contribution in [0.5, 0.6) is 11.5 Å². The number of para-hydroxylation sites is 1. The molecule has 0 unspecified atom stereocenters. The first-order valence-electron chi connectivity index (χ1n) is 9.15. The Bertz CT molecular complexity index is 945. The minimum atomic E-state index is 0.0630. The summed E-state index contributed by atoms with van der Waals surface area (Å²) >= 11 is 0. The highest BCUT2D eigenvalue weighted by molar-refractivity contribution is 5.89. The summed E-state index contributed by atoms with van der Waals surface area (Å²) < 4.78 is 11.4.